The Morgan fingerprint density at radius 1 is 1.00 bits per heavy atom. The molecule has 0 saturated carbocycles. The number of hydrogen-bond donors (Lipinski definition) is 0. The van der Waals surface area contributed by atoms with Gasteiger partial charge in [0.25, 0.3) is 5.24 Å². The summed E-state index contributed by atoms with van der Waals surface area (Å²) in [5, 5.41) is -0.403. The lowest BCUT2D eigenvalue weighted by molar-refractivity contribution is -0.139. The first kappa shape index (κ1) is 20.0. The van der Waals surface area contributed by atoms with E-state index in [0.717, 1.165) is 19.3 Å². The SMILES string of the molecule is CCC(C)(C)CCC(Oc1ccccc1)(C(=O)Cl)C(C)(C)CC. The lowest BCUT2D eigenvalue weighted by atomic mass is 9.68. The molecule has 1 aromatic carbocycles. The number of rotatable bonds is 9. The lowest BCUT2D eigenvalue weighted by Crippen LogP contribution is -2.54. The van der Waals surface area contributed by atoms with Gasteiger partial charge in [-0.05, 0) is 48.4 Å². The summed E-state index contributed by atoms with van der Waals surface area (Å²) in [6, 6.07) is 9.51. The smallest absolute Gasteiger partial charge is 0.265 e. The molecule has 2 nitrogen and oxygen atoms in total. The summed E-state index contributed by atoms with van der Waals surface area (Å²) in [7, 11) is 0. The van der Waals surface area contributed by atoms with E-state index in [1.807, 2.05) is 30.3 Å². The molecule has 0 fully saturated rings. The Bertz CT molecular complexity index is 508. The van der Waals surface area contributed by atoms with Crippen molar-refractivity contribution in [3.05, 3.63) is 30.3 Å². The highest BCUT2D eigenvalue weighted by molar-refractivity contribution is 6.65. The van der Waals surface area contributed by atoms with Crippen LogP contribution in [0.5, 0.6) is 5.75 Å². The van der Waals surface area contributed by atoms with Crippen LogP contribution in [0.3, 0.4) is 0 Å². The van der Waals surface area contributed by atoms with E-state index in [1.54, 1.807) is 0 Å². The molecule has 1 unspecified atom stereocenters. The normalized spacial score (nSPS) is 15.1. The van der Waals surface area contributed by atoms with Crippen LogP contribution < -0.4 is 4.74 Å². The maximum atomic E-state index is 12.5. The van der Waals surface area contributed by atoms with Crippen molar-refractivity contribution in [1.29, 1.82) is 0 Å². The maximum absolute atomic E-state index is 12.5. The zero-order chi connectivity index (χ0) is 17.7. The van der Waals surface area contributed by atoms with Gasteiger partial charge >= 0.3 is 0 Å². The Balaban J connectivity index is 3.23. The first-order chi connectivity index (χ1) is 10.6. The van der Waals surface area contributed by atoms with Gasteiger partial charge in [0.15, 0.2) is 5.60 Å². The molecule has 0 N–H and O–H groups in total. The van der Waals surface area contributed by atoms with Gasteiger partial charge in [-0.3, -0.25) is 4.79 Å². The van der Waals surface area contributed by atoms with Gasteiger partial charge in [0.05, 0.1) is 0 Å². The van der Waals surface area contributed by atoms with Gasteiger partial charge in [0.1, 0.15) is 5.75 Å². The molecule has 130 valence electrons. The molecule has 1 atom stereocenters. The highest BCUT2D eigenvalue weighted by Gasteiger charge is 2.52. The molecule has 0 heterocycles. The van der Waals surface area contributed by atoms with Crippen LogP contribution in [-0.2, 0) is 4.79 Å². The predicted molar refractivity (Wildman–Crippen MR) is 98.0 cm³/mol. The molecule has 3 heteroatoms. The molecule has 0 aliphatic carbocycles. The summed E-state index contributed by atoms with van der Waals surface area (Å²) in [6.07, 6.45) is 3.37. The van der Waals surface area contributed by atoms with Gasteiger partial charge in [0, 0.05) is 5.41 Å². The van der Waals surface area contributed by atoms with E-state index in [2.05, 4.69) is 41.5 Å². The molecule has 1 rings (SSSR count). The van der Waals surface area contributed by atoms with Gasteiger partial charge in [-0.25, -0.2) is 0 Å². The summed E-state index contributed by atoms with van der Waals surface area (Å²) in [5.74, 6) is 0.692. The molecular weight excluding hydrogens is 308 g/mol. The molecule has 0 aromatic heterocycles. The average molecular weight is 339 g/mol. The van der Waals surface area contributed by atoms with Crippen molar-refractivity contribution in [2.75, 3.05) is 0 Å². The number of para-hydroxylation sites is 1. The van der Waals surface area contributed by atoms with E-state index >= 15 is 0 Å². The van der Waals surface area contributed by atoms with E-state index in [-0.39, 0.29) is 10.8 Å². The van der Waals surface area contributed by atoms with E-state index in [1.165, 1.54) is 0 Å². The molecule has 23 heavy (non-hydrogen) atoms. The zero-order valence-corrected chi connectivity index (χ0v) is 16.2. The molecule has 0 bridgehead atoms. The summed E-state index contributed by atoms with van der Waals surface area (Å²) >= 11 is 6.12. The van der Waals surface area contributed by atoms with Crippen LogP contribution in [0.2, 0.25) is 0 Å². The van der Waals surface area contributed by atoms with Crippen LogP contribution in [0.25, 0.3) is 0 Å². The van der Waals surface area contributed by atoms with Crippen molar-refractivity contribution in [1.82, 2.24) is 0 Å². The Labute approximate surface area is 146 Å². The van der Waals surface area contributed by atoms with E-state index in [4.69, 9.17) is 16.3 Å². The number of carbonyl (C=O) groups is 1. The van der Waals surface area contributed by atoms with Crippen molar-refractivity contribution in [3.8, 4) is 5.75 Å². The first-order valence-electron chi connectivity index (χ1n) is 8.54. The highest BCUT2D eigenvalue weighted by Crippen LogP contribution is 2.45. The average Bonchev–Trinajstić information content (AvgIpc) is 2.52. The largest absolute Gasteiger partial charge is 0.478 e. The van der Waals surface area contributed by atoms with Crippen molar-refractivity contribution in [2.45, 2.75) is 72.8 Å². The van der Waals surface area contributed by atoms with E-state index < -0.39 is 10.8 Å². The fraction of sp³-hybridized carbons (Fsp3) is 0.650. The third kappa shape index (κ3) is 4.73. The van der Waals surface area contributed by atoms with Crippen LogP contribution >= 0.6 is 11.6 Å². The summed E-state index contributed by atoms with van der Waals surface area (Å²) in [4.78, 5) is 12.5. The fourth-order valence-corrected chi connectivity index (χ4v) is 2.99. The number of benzene rings is 1. The van der Waals surface area contributed by atoms with Gasteiger partial charge in [-0.1, -0.05) is 66.2 Å². The van der Waals surface area contributed by atoms with Crippen LogP contribution in [-0.4, -0.2) is 10.8 Å². The minimum absolute atomic E-state index is 0.154. The Hall–Kier alpha value is -1.02. The van der Waals surface area contributed by atoms with Crippen LogP contribution in [0.4, 0.5) is 0 Å². The minimum atomic E-state index is -1.02. The monoisotopic (exact) mass is 338 g/mol. The molecule has 0 amide bonds. The highest BCUT2D eigenvalue weighted by atomic mass is 35.5. The molecule has 0 saturated heterocycles. The quantitative estimate of drug-likeness (QED) is 0.499. The van der Waals surface area contributed by atoms with Crippen molar-refractivity contribution >= 4 is 16.8 Å². The summed E-state index contributed by atoms with van der Waals surface area (Å²) in [6.45, 7) is 12.8. The van der Waals surface area contributed by atoms with E-state index in [9.17, 15) is 4.79 Å². The Morgan fingerprint density at radius 3 is 2.00 bits per heavy atom. The van der Waals surface area contributed by atoms with Gasteiger partial charge in [-0.2, -0.15) is 0 Å². The number of ether oxygens (including phenoxy) is 1. The maximum Gasteiger partial charge on any atom is 0.265 e. The number of carbonyl (C=O) groups excluding carboxylic acids is 1. The fourth-order valence-electron chi connectivity index (χ4n) is 2.60. The lowest BCUT2D eigenvalue weighted by Gasteiger charge is -2.45. The Kier molecular flexibility index (Phi) is 6.70. The standard InChI is InChI=1S/C20H31ClO2/c1-7-18(3,4)14-15-20(17(21)22,19(5,6)8-2)23-16-12-10-9-11-13-16/h9-13H,7-8,14-15H2,1-6H3. The Morgan fingerprint density at radius 2 is 1.57 bits per heavy atom. The third-order valence-corrected chi connectivity index (χ3v) is 5.75. The first-order valence-corrected chi connectivity index (χ1v) is 8.92. The van der Waals surface area contributed by atoms with Crippen LogP contribution in [0, 0.1) is 10.8 Å². The third-order valence-electron chi connectivity index (χ3n) is 5.44. The van der Waals surface area contributed by atoms with Crippen molar-refractivity contribution < 1.29 is 9.53 Å². The summed E-state index contributed by atoms with van der Waals surface area (Å²) < 4.78 is 6.28. The molecule has 0 spiro atoms. The van der Waals surface area contributed by atoms with Crippen molar-refractivity contribution in [2.24, 2.45) is 10.8 Å². The van der Waals surface area contributed by atoms with Crippen molar-refractivity contribution in [3.63, 3.8) is 0 Å². The van der Waals surface area contributed by atoms with Crippen LogP contribution in [0.1, 0.15) is 67.2 Å². The molecule has 0 aliphatic rings. The number of halogens is 1. The minimum Gasteiger partial charge on any atom is -0.478 e. The van der Waals surface area contributed by atoms with Gasteiger partial charge in [-0.15, -0.1) is 0 Å². The number of hydrogen-bond acceptors (Lipinski definition) is 2. The van der Waals surface area contributed by atoms with Crippen LogP contribution in [0.15, 0.2) is 30.3 Å². The predicted octanol–water partition coefficient (Wildman–Crippen LogP) is 6.22. The summed E-state index contributed by atoms with van der Waals surface area (Å²) in [5.41, 5.74) is -1.22. The topological polar surface area (TPSA) is 26.3 Å². The molecule has 0 aliphatic heterocycles. The van der Waals surface area contributed by atoms with Gasteiger partial charge < -0.3 is 4.74 Å². The molecular formula is C20H31ClO2. The molecule has 0 radical (unpaired) electrons. The second kappa shape index (κ2) is 7.70. The van der Waals surface area contributed by atoms with Gasteiger partial charge in [0.2, 0.25) is 0 Å². The second-order valence-electron chi connectivity index (χ2n) is 7.77. The second-order valence-corrected chi connectivity index (χ2v) is 8.11. The zero-order valence-electron chi connectivity index (χ0n) is 15.4. The molecule has 1 aromatic rings. The van der Waals surface area contributed by atoms with E-state index in [0.29, 0.717) is 12.2 Å².